The molecule has 0 aliphatic heterocycles. The quantitative estimate of drug-likeness (QED) is 0.904. The van der Waals surface area contributed by atoms with E-state index < -0.39 is 16.0 Å². The number of hydrogen-bond acceptors (Lipinski definition) is 4. The van der Waals surface area contributed by atoms with Crippen LogP contribution < -0.4 is 4.72 Å². The number of furan rings is 1. The van der Waals surface area contributed by atoms with E-state index in [0.29, 0.717) is 11.3 Å². The SMILES string of the molecule is CS(=O)(=O)Nc1cc(-c2ccc(C(=O)O)o2)ccc1Cl. The Balaban J connectivity index is 2.42. The Morgan fingerprint density at radius 1 is 1.30 bits per heavy atom. The smallest absolute Gasteiger partial charge is 0.371 e. The van der Waals surface area contributed by atoms with Gasteiger partial charge >= 0.3 is 5.97 Å². The summed E-state index contributed by atoms with van der Waals surface area (Å²) in [5.74, 6) is -1.08. The fourth-order valence-electron chi connectivity index (χ4n) is 1.56. The van der Waals surface area contributed by atoms with Gasteiger partial charge in [0, 0.05) is 5.56 Å². The van der Waals surface area contributed by atoms with Crippen LogP contribution in [0.1, 0.15) is 10.6 Å². The number of carbonyl (C=O) groups is 1. The summed E-state index contributed by atoms with van der Waals surface area (Å²) in [5.41, 5.74) is 0.702. The second-order valence-electron chi connectivity index (χ2n) is 4.04. The number of carboxylic acids is 1. The van der Waals surface area contributed by atoms with E-state index in [1.54, 1.807) is 6.07 Å². The molecule has 0 aliphatic carbocycles. The number of carboxylic acid groups (broad SMARTS) is 1. The van der Waals surface area contributed by atoms with Gasteiger partial charge in [-0.25, -0.2) is 13.2 Å². The second-order valence-corrected chi connectivity index (χ2v) is 6.19. The highest BCUT2D eigenvalue weighted by atomic mass is 35.5. The first-order valence-corrected chi connectivity index (χ1v) is 7.64. The Kier molecular flexibility index (Phi) is 3.74. The van der Waals surface area contributed by atoms with E-state index in [1.807, 2.05) is 0 Å². The van der Waals surface area contributed by atoms with Crippen molar-refractivity contribution < 1.29 is 22.7 Å². The van der Waals surface area contributed by atoms with Crippen molar-refractivity contribution in [2.24, 2.45) is 0 Å². The predicted octanol–water partition coefficient (Wildman–Crippen LogP) is 2.67. The molecule has 0 aliphatic rings. The standard InChI is InChI=1S/C12H10ClNO5S/c1-20(17,18)14-9-6-7(2-3-8(9)13)10-4-5-11(19-10)12(15)16/h2-6,14H,1H3,(H,15,16). The first-order valence-electron chi connectivity index (χ1n) is 5.37. The minimum Gasteiger partial charge on any atom is -0.475 e. The van der Waals surface area contributed by atoms with Gasteiger partial charge in [-0.1, -0.05) is 11.6 Å². The van der Waals surface area contributed by atoms with E-state index in [-0.39, 0.29) is 16.5 Å². The van der Waals surface area contributed by atoms with Crippen LogP contribution in [0.25, 0.3) is 11.3 Å². The minimum atomic E-state index is -3.47. The molecule has 0 unspecified atom stereocenters. The molecule has 0 radical (unpaired) electrons. The van der Waals surface area contributed by atoms with E-state index in [0.717, 1.165) is 6.26 Å². The highest BCUT2D eigenvalue weighted by Gasteiger charge is 2.13. The van der Waals surface area contributed by atoms with Gasteiger partial charge in [-0.15, -0.1) is 0 Å². The molecule has 0 bridgehead atoms. The minimum absolute atomic E-state index is 0.194. The molecular weight excluding hydrogens is 306 g/mol. The zero-order valence-electron chi connectivity index (χ0n) is 10.3. The molecule has 2 rings (SSSR count). The van der Waals surface area contributed by atoms with Gasteiger partial charge in [-0.3, -0.25) is 4.72 Å². The third-order valence-corrected chi connectivity index (χ3v) is 3.28. The van der Waals surface area contributed by atoms with E-state index >= 15 is 0 Å². The summed E-state index contributed by atoms with van der Waals surface area (Å²) in [4.78, 5) is 10.7. The van der Waals surface area contributed by atoms with Crippen LogP contribution in [-0.2, 0) is 10.0 Å². The molecule has 2 aromatic rings. The third-order valence-electron chi connectivity index (χ3n) is 2.36. The van der Waals surface area contributed by atoms with Crippen LogP contribution in [0.4, 0.5) is 5.69 Å². The fourth-order valence-corrected chi connectivity index (χ4v) is 2.35. The topological polar surface area (TPSA) is 96.6 Å². The van der Waals surface area contributed by atoms with E-state index in [9.17, 15) is 13.2 Å². The molecule has 0 saturated heterocycles. The Morgan fingerprint density at radius 3 is 2.55 bits per heavy atom. The van der Waals surface area contributed by atoms with E-state index in [1.165, 1.54) is 24.3 Å². The van der Waals surface area contributed by atoms with Gasteiger partial charge in [0.05, 0.1) is 17.0 Å². The first kappa shape index (κ1) is 14.4. The van der Waals surface area contributed by atoms with Crippen LogP contribution in [0.15, 0.2) is 34.7 Å². The Morgan fingerprint density at radius 2 is 2.00 bits per heavy atom. The highest BCUT2D eigenvalue weighted by molar-refractivity contribution is 7.92. The number of rotatable bonds is 4. The van der Waals surface area contributed by atoms with Gasteiger partial charge in [-0.2, -0.15) is 0 Å². The molecule has 1 aromatic carbocycles. The molecule has 1 aromatic heterocycles. The van der Waals surface area contributed by atoms with Crippen molar-refractivity contribution in [2.75, 3.05) is 11.0 Å². The van der Waals surface area contributed by atoms with Crippen molar-refractivity contribution in [3.63, 3.8) is 0 Å². The maximum atomic E-state index is 11.2. The molecule has 106 valence electrons. The average molecular weight is 316 g/mol. The van der Waals surface area contributed by atoms with Gasteiger partial charge in [-0.05, 0) is 30.3 Å². The highest BCUT2D eigenvalue weighted by Crippen LogP contribution is 2.30. The summed E-state index contributed by atoms with van der Waals surface area (Å²) in [6.45, 7) is 0. The van der Waals surface area contributed by atoms with E-state index in [2.05, 4.69) is 4.72 Å². The second kappa shape index (κ2) is 5.18. The van der Waals surface area contributed by atoms with Crippen LogP contribution in [-0.4, -0.2) is 25.7 Å². The van der Waals surface area contributed by atoms with E-state index in [4.69, 9.17) is 21.1 Å². The summed E-state index contributed by atoms with van der Waals surface area (Å²) in [7, 11) is -3.47. The molecule has 0 amide bonds. The number of aromatic carboxylic acids is 1. The molecular formula is C12H10ClNO5S. The van der Waals surface area contributed by atoms with Crippen LogP contribution in [0.5, 0.6) is 0 Å². The Bertz CT molecular complexity index is 766. The van der Waals surface area contributed by atoms with Gasteiger partial charge < -0.3 is 9.52 Å². The van der Waals surface area contributed by atoms with Crippen molar-refractivity contribution >= 4 is 33.3 Å². The average Bonchev–Trinajstić information content (AvgIpc) is 2.79. The summed E-state index contributed by atoms with van der Waals surface area (Å²) in [6, 6.07) is 7.36. The zero-order valence-corrected chi connectivity index (χ0v) is 11.8. The van der Waals surface area contributed by atoms with Gasteiger partial charge in [0.25, 0.3) is 0 Å². The van der Waals surface area contributed by atoms with Crippen LogP contribution >= 0.6 is 11.6 Å². The molecule has 0 spiro atoms. The Hall–Kier alpha value is -1.99. The monoisotopic (exact) mass is 315 g/mol. The van der Waals surface area contributed by atoms with Crippen LogP contribution in [0, 0.1) is 0 Å². The van der Waals surface area contributed by atoms with Gasteiger partial charge in [0.1, 0.15) is 5.76 Å². The third kappa shape index (κ3) is 3.31. The lowest BCUT2D eigenvalue weighted by atomic mass is 10.1. The van der Waals surface area contributed by atoms with Crippen molar-refractivity contribution in [1.82, 2.24) is 0 Å². The van der Waals surface area contributed by atoms with Gasteiger partial charge in [0.2, 0.25) is 15.8 Å². The van der Waals surface area contributed by atoms with Crippen molar-refractivity contribution in [2.45, 2.75) is 0 Å². The lowest BCUT2D eigenvalue weighted by Crippen LogP contribution is -2.09. The summed E-state index contributed by atoms with van der Waals surface area (Å²) >= 11 is 5.89. The van der Waals surface area contributed by atoms with Gasteiger partial charge in [0.15, 0.2) is 0 Å². The van der Waals surface area contributed by atoms with Crippen molar-refractivity contribution in [3.8, 4) is 11.3 Å². The maximum absolute atomic E-state index is 11.2. The van der Waals surface area contributed by atoms with Crippen LogP contribution in [0.2, 0.25) is 5.02 Å². The Labute approximate surface area is 120 Å². The molecule has 0 atom stereocenters. The number of anilines is 1. The predicted molar refractivity (Wildman–Crippen MR) is 74.6 cm³/mol. The largest absolute Gasteiger partial charge is 0.475 e. The van der Waals surface area contributed by atoms with Crippen LogP contribution in [0.3, 0.4) is 0 Å². The van der Waals surface area contributed by atoms with Crippen molar-refractivity contribution in [1.29, 1.82) is 0 Å². The molecule has 0 fully saturated rings. The first-order chi connectivity index (χ1) is 9.26. The number of benzene rings is 1. The number of hydrogen-bond donors (Lipinski definition) is 2. The lowest BCUT2D eigenvalue weighted by Gasteiger charge is -2.07. The summed E-state index contributed by atoms with van der Waals surface area (Å²) < 4.78 is 29.9. The molecule has 20 heavy (non-hydrogen) atoms. The molecule has 6 nitrogen and oxygen atoms in total. The lowest BCUT2D eigenvalue weighted by molar-refractivity contribution is 0.0663. The normalized spacial score (nSPS) is 11.3. The number of sulfonamides is 1. The molecule has 0 saturated carbocycles. The van der Waals surface area contributed by atoms with Crippen molar-refractivity contribution in [3.05, 3.63) is 41.1 Å². The number of nitrogens with one attached hydrogen (secondary N) is 1. The molecule has 8 heteroatoms. The summed E-state index contributed by atoms with van der Waals surface area (Å²) in [6.07, 6.45) is 1.01. The maximum Gasteiger partial charge on any atom is 0.371 e. The zero-order chi connectivity index (χ0) is 14.9. The molecule has 1 heterocycles. The number of halogens is 1. The molecule has 2 N–H and O–H groups in total. The fraction of sp³-hybridized carbons (Fsp3) is 0.0833. The summed E-state index contributed by atoms with van der Waals surface area (Å²) in [5, 5.41) is 9.02.